The molecule has 0 bridgehead atoms. The summed E-state index contributed by atoms with van der Waals surface area (Å²) in [5, 5.41) is 0. The van der Waals surface area contributed by atoms with Crippen molar-refractivity contribution < 1.29 is 4.74 Å². The van der Waals surface area contributed by atoms with Crippen LogP contribution in [0.5, 0.6) is 5.75 Å². The molecule has 0 unspecified atom stereocenters. The number of halogens is 1. The van der Waals surface area contributed by atoms with E-state index in [4.69, 9.17) is 4.74 Å². The lowest BCUT2D eigenvalue weighted by molar-refractivity contribution is 0.0571. The molecule has 1 aromatic rings. The number of benzene rings is 1. The zero-order chi connectivity index (χ0) is 15.0. The number of fused-ring (bicyclic) bond motifs is 1. The molecule has 0 radical (unpaired) electrons. The minimum absolute atomic E-state index is 0.645. The number of hydrogen-bond acceptors (Lipinski definition) is 3. The lowest BCUT2D eigenvalue weighted by atomic mass is 9.98. The Morgan fingerprint density at radius 3 is 2.90 bits per heavy atom. The van der Waals surface area contributed by atoms with Crippen molar-refractivity contribution in [1.29, 1.82) is 0 Å². The van der Waals surface area contributed by atoms with Gasteiger partial charge in [-0.3, -0.25) is 4.90 Å². The Labute approximate surface area is 136 Å². The van der Waals surface area contributed by atoms with Crippen LogP contribution in [0.3, 0.4) is 0 Å². The maximum atomic E-state index is 5.68. The summed E-state index contributed by atoms with van der Waals surface area (Å²) >= 11 is 3.66. The van der Waals surface area contributed by atoms with Crippen LogP contribution >= 0.6 is 15.9 Å². The molecule has 0 amide bonds. The van der Waals surface area contributed by atoms with Gasteiger partial charge in [0.2, 0.25) is 0 Å². The Morgan fingerprint density at radius 2 is 2.14 bits per heavy atom. The zero-order valence-electron chi connectivity index (χ0n) is 13.2. The van der Waals surface area contributed by atoms with Crippen LogP contribution in [0.2, 0.25) is 0 Å². The van der Waals surface area contributed by atoms with Crippen LogP contribution in [0.4, 0.5) is 0 Å². The molecule has 0 N–H and O–H groups in total. The Hall–Kier alpha value is -0.580. The van der Waals surface area contributed by atoms with Gasteiger partial charge in [-0.1, -0.05) is 19.9 Å². The van der Waals surface area contributed by atoms with Crippen molar-refractivity contribution in [1.82, 2.24) is 9.80 Å². The summed E-state index contributed by atoms with van der Waals surface area (Å²) in [6.45, 7) is 10.0. The molecule has 4 heteroatoms. The molecule has 1 aromatic carbocycles. The minimum Gasteiger partial charge on any atom is -0.492 e. The van der Waals surface area contributed by atoms with E-state index in [1.165, 1.54) is 24.2 Å². The summed E-state index contributed by atoms with van der Waals surface area (Å²) in [6, 6.07) is 5.22. The van der Waals surface area contributed by atoms with Crippen molar-refractivity contribution in [3.05, 3.63) is 27.7 Å². The van der Waals surface area contributed by atoms with Gasteiger partial charge in [0.15, 0.2) is 0 Å². The SMILES string of the molecule is CC(C)[C@H]1CN(C)CCN1Cc1cc(Br)c2c(c1)CCO2. The van der Waals surface area contributed by atoms with Crippen LogP contribution in [-0.2, 0) is 13.0 Å². The van der Waals surface area contributed by atoms with Gasteiger partial charge < -0.3 is 9.64 Å². The molecular weight excluding hydrogens is 328 g/mol. The topological polar surface area (TPSA) is 15.7 Å². The van der Waals surface area contributed by atoms with E-state index in [0.717, 1.165) is 36.3 Å². The molecular formula is C17H25BrN2O. The number of piperazine rings is 1. The molecule has 1 saturated heterocycles. The Morgan fingerprint density at radius 1 is 1.33 bits per heavy atom. The van der Waals surface area contributed by atoms with E-state index in [9.17, 15) is 0 Å². The van der Waals surface area contributed by atoms with Crippen LogP contribution < -0.4 is 4.74 Å². The number of ether oxygens (including phenoxy) is 1. The van der Waals surface area contributed by atoms with E-state index in [2.05, 4.69) is 58.8 Å². The van der Waals surface area contributed by atoms with E-state index in [0.29, 0.717) is 12.0 Å². The fourth-order valence-electron chi connectivity index (χ4n) is 3.47. The summed E-state index contributed by atoms with van der Waals surface area (Å²) in [6.07, 6.45) is 1.04. The maximum absolute atomic E-state index is 5.68. The molecule has 0 aromatic heterocycles. The molecule has 21 heavy (non-hydrogen) atoms. The molecule has 2 aliphatic rings. The minimum atomic E-state index is 0.645. The van der Waals surface area contributed by atoms with Crippen molar-refractivity contribution in [3.8, 4) is 5.75 Å². The third-order valence-electron chi connectivity index (χ3n) is 4.69. The molecule has 2 aliphatic heterocycles. The second-order valence-corrected chi connectivity index (χ2v) is 7.56. The number of hydrogen-bond donors (Lipinski definition) is 0. The number of nitrogens with zero attached hydrogens (tertiary/aromatic N) is 2. The van der Waals surface area contributed by atoms with Gasteiger partial charge in [-0.25, -0.2) is 0 Å². The number of likely N-dealkylation sites (N-methyl/N-ethyl adjacent to an activating group) is 1. The highest BCUT2D eigenvalue weighted by Gasteiger charge is 2.28. The summed E-state index contributed by atoms with van der Waals surface area (Å²) in [7, 11) is 2.23. The normalized spacial score (nSPS) is 23.4. The Balaban J connectivity index is 1.78. The first-order valence-corrected chi connectivity index (χ1v) is 8.70. The van der Waals surface area contributed by atoms with Crippen molar-refractivity contribution in [2.45, 2.75) is 32.9 Å². The molecule has 0 spiro atoms. The van der Waals surface area contributed by atoms with Crippen molar-refractivity contribution in [2.75, 3.05) is 33.3 Å². The fraction of sp³-hybridized carbons (Fsp3) is 0.647. The van der Waals surface area contributed by atoms with Gasteiger partial charge in [0.25, 0.3) is 0 Å². The van der Waals surface area contributed by atoms with Gasteiger partial charge in [-0.2, -0.15) is 0 Å². The van der Waals surface area contributed by atoms with Gasteiger partial charge in [0.05, 0.1) is 11.1 Å². The zero-order valence-corrected chi connectivity index (χ0v) is 14.8. The summed E-state index contributed by atoms with van der Waals surface area (Å²) in [5.41, 5.74) is 2.76. The fourth-order valence-corrected chi connectivity index (χ4v) is 4.13. The van der Waals surface area contributed by atoms with Crippen LogP contribution in [0, 0.1) is 5.92 Å². The quantitative estimate of drug-likeness (QED) is 0.830. The highest BCUT2D eigenvalue weighted by atomic mass is 79.9. The molecule has 0 aliphatic carbocycles. The largest absolute Gasteiger partial charge is 0.492 e. The second-order valence-electron chi connectivity index (χ2n) is 6.71. The van der Waals surface area contributed by atoms with E-state index in [1.54, 1.807) is 0 Å². The summed E-state index contributed by atoms with van der Waals surface area (Å²) in [5.74, 6) is 1.74. The molecule has 116 valence electrons. The highest BCUT2D eigenvalue weighted by molar-refractivity contribution is 9.10. The van der Waals surface area contributed by atoms with Gasteiger partial charge in [-0.05, 0) is 46.1 Å². The summed E-state index contributed by atoms with van der Waals surface area (Å²) in [4.78, 5) is 5.10. The molecule has 3 rings (SSSR count). The van der Waals surface area contributed by atoms with Gasteiger partial charge in [0, 0.05) is 38.6 Å². The molecule has 0 saturated carbocycles. The average Bonchev–Trinajstić information content (AvgIpc) is 2.89. The predicted octanol–water partition coefficient (Wildman–Crippen LogP) is 3.16. The standard InChI is InChI=1S/C17H25BrN2O/c1-12(2)16-11-19(3)5-6-20(16)10-13-8-14-4-7-21-17(14)15(18)9-13/h8-9,12,16H,4-7,10-11H2,1-3H3/t16-/m1/s1. The third kappa shape index (κ3) is 3.27. The first kappa shape index (κ1) is 15.3. The Bertz CT molecular complexity index is 518. The van der Waals surface area contributed by atoms with E-state index < -0.39 is 0 Å². The summed E-state index contributed by atoms with van der Waals surface area (Å²) < 4.78 is 6.79. The third-order valence-corrected chi connectivity index (χ3v) is 5.28. The molecule has 1 fully saturated rings. The lowest BCUT2D eigenvalue weighted by Crippen LogP contribution is -2.53. The molecule has 3 nitrogen and oxygen atoms in total. The van der Waals surface area contributed by atoms with E-state index in [1.807, 2.05) is 0 Å². The smallest absolute Gasteiger partial charge is 0.136 e. The average molecular weight is 353 g/mol. The van der Waals surface area contributed by atoms with Gasteiger partial charge in [-0.15, -0.1) is 0 Å². The molecule has 1 atom stereocenters. The highest BCUT2D eigenvalue weighted by Crippen LogP contribution is 2.35. The van der Waals surface area contributed by atoms with E-state index >= 15 is 0 Å². The van der Waals surface area contributed by atoms with Crippen LogP contribution in [0.15, 0.2) is 16.6 Å². The predicted molar refractivity (Wildman–Crippen MR) is 89.9 cm³/mol. The van der Waals surface area contributed by atoms with Crippen molar-refractivity contribution >= 4 is 15.9 Å². The van der Waals surface area contributed by atoms with Crippen LogP contribution in [0.25, 0.3) is 0 Å². The molecule has 2 heterocycles. The maximum Gasteiger partial charge on any atom is 0.136 e. The van der Waals surface area contributed by atoms with Gasteiger partial charge in [0.1, 0.15) is 5.75 Å². The van der Waals surface area contributed by atoms with Crippen molar-refractivity contribution in [3.63, 3.8) is 0 Å². The van der Waals surface area contributed by atoms with E-state index in [-0.39, 0.29) is 0 Å². The Kier molecular flexibility index (Phi) is 4.57. The number of rotatable bonds is 3. The lowest BCUT2D eigenvalue weighted by Gasteiger charge is -2.42. The van der Waals surface area contributed by atoms with Crippen molar-refractivity contribution in [2.24, 2.45) is 5.92 Å². The van der Waals surface area contributed by atoms with Crippen LogP contribution in [0.1, 0.15) is 25.0 Å². The second kappa shape index (κ2) is 6.27. The van der Waals surface area contributed by atoms with Gasteiger partial charge >= 0.3 is 0 Å². The van der Waals surface area contributed by atoms with Crippen LogP contribution in [-0.4, -0.2) is 49.1 Å². The monoisotopic (exact) mass is 352 g/mol. The first-order chi connectivity index (χ1) is 10.0. The first-order valence-electron chi connectivity index (χ1n) is 7.91.